The third-order valence-corrected chi connectivity index (χ3v) is 4.04. The largest absolute Gasteiger partial charge is 0.377 e. The molecule has 8 nitrogen and oxygen atoms in total. The fourth-order valence-electron chi connectivity index (χ4n) is 2.86. The standard InChI is InChI=1S/C17H16N6O2/c24-17(14-10-18-6-7-19-14)22-8-9-25-11-15(22)16-20-12-21-23(16)13-4-2-1-3-5-13/h1-7,10,12,15H,8-9,11H2/t15-/m1/s1. The van der Waals surface area contributed by atoms with Crippen LogP contribution in [0, 0.1) is 0 Å². The summed E-state index contributed by atoms with van der Waals surface area (Å²) < 4.78 is 7.33. The van der Waals surface area contributed by atoms with Gasteiger partial charge in [-0.3, -0.25) is 9.78 Å². The number of ether oxygens (including phenoxy) is 1. The Morgan fingerprint density at radius 2 is 2.04 bits per heavy atom. The lowest BCUT2D eigenvalue weighted by Gasteiger charge is -2.34. The lowest BCUT2D eigenvalue weighted by Crippen LogP contribution is -2.44. The summed E-state index contributed by atoms with van der Waals surface area (Å²) in [5.74, 6) is 0.465. The Kier molecular flexibility index (Phi) is 4.17. The molecule has 1 aliphatic heterocycles. The molecule has 2 aromatic heterocycles. The zero-order valence-electron chi connectivity index (χ0n) is 13.4. The molecule has 1 fully saturated rings. The van der Waals surface area contributed by atoms with Gasteiger partial charge in [0.25, 0.3) is 5.91 Å². The molecular formula is C17H16N6O2. The highest BCUT2D eigenvalue weighted by molar-refractivity contribution is 5.92. The molecule has 25 heavy (non-hydrogen) atoms. The number of aromatic nitrogens is 5. The van der Waals surface area contributed by atoms with Crippen LogP contribution < -0.4 is 0 Å². The van der Waals surface area contributed by atoms with Gasteiger partial charge in [0.2, 0.25) is 0 Å². The first kappa shape index (κ1) is 15.4. The van der Waals surface area contributed by atoms with E-state index in [4.69, 9.17) is 4.74 Å². The van der Waals surface area contributed by atoms with Crippen LogP contribution in [0.5, 0.6) is 0 Å². The summed E-state index contributed by atoms with van der Waals surface area (Å²) in [7, 11) is 0. The van der Waals surface area contributed by atoms with Crippen molar-refractivity contribution in [2.24, 2.45) is 0 Å². The Balaban J connectivity index is 1.69. The molecule has 126 valence electrons. The second-order valence-corrected chi connectivity index (χ2v) is 5.55. The molecule has 3 heterocycles. The fraction of sp³-hybridized carbons (Fsp3) is 0.235. The summed E-state index contributed by atoms with van der Waals surface area (Å²) in [6.45, 7) is 1.29. The monoisotopic (exact) mass is 336 g/mol. The van der Waals surface area contributed by atoms with E-state index < -0.39 is 0 Å². The predicted octanol–water partition coefficient (Wildman–Crippen LogP) is 1.27. The van der Waals surface area contributed by atoms with Crippen LogP contribution >= 0.6 is 0 Å². The average Bonchev–Trinajstić information content (AvgIpc) is 3.18. The number of nitrogens with zero attached hydrogens (tertiary/aromatic N) is 6. The molecule has 0 bridgehead atoms. The lowest BCUT2D eigenvalue weighted by atomic mass is 10.2. The molecular weight excluding hydrogens is 320 g/mol. The van der Waals surface area contributed by atoms with Crippen molar-refractivity contribution < 1.29 is 9.53 Å². The Labute approximate surface area is 144 Å². The Morgan fingerprint density at radius 3 is 2.84 bits per heavy atom. The highest BCUT2D eigenvalue weighted by Crippen LogP contribution is 2.25. The summed E-state index contributed by atoms with van der Waals surface area (Å²) in [5.41, 5.74) is 1.19. The SMILES string of the molecule is O=C(c1cnccn1)N1CCOC[C@@H]1c1ncnn1-c1ccccc1. The van der Waals surface area contributed by atoms with Gasteiger partial charge in [-0.15, -0.1) is 0 Å². The zero-order valence-corrected chi connectivity index (χ0v) is 13.4. The molecule has 1 aliphatic rings. The first-order chi connectivity index (χ1) is 12.3. The number of rotatable bonds is 3. The highest BCUT2D eigenvalue weighted by Gasteiger charge is 2.33. The smallest absolute Gasteiger partial charge is 0.274 e. The van der Waals surface area contributed by atoms with Gasteiger partial charge in [0.15, 0.2) is 5.82 Å². The molecule has 0 spiro atoms. The van der Waals surface area contributed by atoms with Gasteiger partial charge in [-0.1, -0.05) is 18.2 Å². The van der Waals surface area contributed by atoms with Gasteiger partial charge in [0.05, 0.1) is 25.1 Å². The van der Waals surface area contributed by atoms with Crippen molar-refractivity contribution in [3.05, 3.63) is 66.8 Å². The molecule has 1 atom stereocenters. The number of carbonyl (C=O) groups excluding carboxylic acids is 1. The van der Waals surface area contributed by atoms with E-state index in [1.54, 1.807) is 15.8 Å². The van der Waals surface area contributed by atoms with E-state index in [1.807, 2.05) is 30.3 Å². The van der Waals surface area contributed by atoms with Gasteiger partial charge in [-0.05, 0) is 12.1 Å². The Bertz CT molecular complexity index is 852. The molecule has 0 radical (unpaired) electrons. The second kappa shape index (κ2) is 6.78. The molecule has 4 rings (SSSR count). The van der Waals surface area contributed by atoms with Gasteiger partial charge < -0.3 is 9.64 Å². The number of carbonyl (C=O) groups is 1. The fourth-order valence-corrected chi connectivity index (χ4v) is 2.86. The lowest BCUT2D eigenvalue weighted by molar-refractivity contribution is -0.00612. The molecule has 0 saturated carbocycles. The normalized spacial score (nSPS) is 17.4. The minimum Gasteiger partial charge on any atom is -0.377 e. The van der Waals surface area contributed by atoms with Gasteiger partial charge in [0, 0.05) is 18.9 Å². The van der Waals surface area contributed by atoms with E-state index in [2.05, 4.69) is 20.1 Å². The molecule has 1 aromatic carbocycles. The molecule has 0 aliphatic carbocycles. The van der Waals surface area contributed by atoms with Gasteiger partial charge in [-0.2, -0.15) is 5.10 Å². The molecule has 1 saturated heterocycles. The second-order valence-electron chi connectivity index (χ2n) is 5.55. The van der Waals surface area contributed by atoms with Crippen molar-refractivity contribution >= 4 is 5.91 Å². The maximum Gasteiger partial charge on any atom is 0.274 e. The topological polar surface area (TPSA) is 86.0 Å². The number of hydrogen-bond donors (Lipinski definition) is 0. The van der Waals surface area contributed by atoms with Gasteiger partial charge in [0.1, 0.15) is 18.1 Å². The third-order valence-electron chi connectivity index (χ3n) is 4.04. The number of hydrogen-bond acceptors (Lipinski definition) is 6. The van der Waals surface area contributed by atoms with Crippen LogP contribution in [-0.2, 0) is 4.74 Å². The van der Waals surface area contributed by atoms with E-state index >= 15 is 0 Å². The first-order valence-electron chi connectivity index (χ1n) is 7.94. The van der Waals surface area contributed by atoms with Crippen LogP contribution in [0.3, 0.4) is 0 Å². The van der Waals surface area contributed by atoms with Crippen molar-refractivity contribution in [2.75, 3.05) is 19.8 Å². The quantitative estimate of drug-likeness (QED) is 0.716. The molecule has 8 heteroatoms. The minimum atomic E-state index is -0.342. The van der Waals surface area contributed by atoms with Crippen LogP contribution in [0.4, 0.5) is 0 Å². The maximum absolute atomic E-state index is 12.9. The first-order valence-corrected chi connectivity index (χ1v) is 7.94. The van der Waals surface area contributed by atoms with Crippen molar-refractivity contribution in [1.29, 1.82) is 0 Å². The minimum absolute atomic E-state index is 0.191. The van der Waals surface area contributed by atoms with Crippen molar-refractivity contribution in [3.63, 3.8) is 0 Å². The molecule has 0 N–H and O–H groups in total. The van der Waals surface area contributed by atoms with Crippen LogP contribution in [0.2, 0.25) is 0 Å². The van der Waals surface area contributed by atoms with Gasteiger partial charge >= 0.3 is 0 Å². The van der Waals surface area contributed by atoms with Crippen LogP contribution in [-0.4, -0.2) is 55.3 Å². The van der Waals surface area contributed by atoms with E-state index in [0.717, 1.165) is 5.69 Å². The zero-order chi connectivity index (χ0) is 17.1. The number of benzene rings is 1. The van der Waals surface area contributed by atoms with Crippen molar-refractivity contribution in [3.8, 4) is 5.69 Å². The summed E-state index contributed by atoms with van der Waals surface area (Å²) in [6.07, 6.45) is 6.01. The van der Waals surface area contributed by atoms with Gasteiger partial charge in [-0.25, -0.2) is 14.6 Å². The van der Waals surface area contributed by atoms with Crippen LogP contribution in [0.1, 0.15) is 22.4 Å². The van der Waals surface area contributed by atoms with E-state index in [9.17, 15) is 4.79 Å². The molecule has 0 unspecified atom stereocenters. The summed E-state index contributed by atoms with van der Waals surface area (Å²) in [4.78, 5) is 27.1. The third kappa shape index (κ3) is 2.99. The van der Waals surface area contributed by atoms with Crippen molar-refractivity contribution in [2.45, 2.75) is 6.04 Å². The summed E-state index contributed by atoms with van der Waals surface area (Å²) in [6, 6.07) is 9.34. The van der Waals surface area contributed by atoms with Crippen molar-refractivity contribution in [1.82, 2.24) is 29.6 Å². The predicted molar refractivity (Wildman–Crippen MR) is 88.0 cm³/mol. The molecule has 3 aromatic rings. The highest BCUT2D eigenvalue weighted by atomic mass is 16.5. The average molecular weight is 336 g/mol. The van der Waals surface area contributed by atoms with E-state index in [-0.39, 0.29) is 11.9 Å². The van der Waals surface area contributed by atoms with E-state index in [1.165, 1.54) is 18.7 Å². The van der Waals surface area contributed by atoms with Crippen LogP contribution in [0.15, 0.2) is 55.2 Å². The number of morpholine rings is 1. The summed E-state index contributed by atoms with van der Waals surface area (Å²) in [5, 5.41) is 4.31. The van der Waals surface area contributed by atoms with Crippen LogP contribution in [0.25, 0.3) is 5.69 Å². The number of amides is 1. The van der Waals surface area contributed by atoms with E-state index in [0.29, 0.717) is 31.3 Å². The Morgan fingerprint density at radius 1 is 1.16 bits per heavy atom. The maximum atomic E-state index is 12.9. The Hall–Kier alpha value is -3.13. The number of para-hydroxylation sites is 1. The molecule has 1 amide bonds. The summed E-state index contributed by atoms with van der Waals surface area (Å²) >= 11 is 0.